The molecule has 0 aromatic carbocycles. The molecule has 0 aromatic rings. The number of nitrogens with one attached hydrogen (secondary N) is 1. The third-order valence-electron chi connectivity index (χ3n) is 2.50. The van der Waals surface area contributed by atoms with Gasteiger partial charge in [-0.15, -0.1) is 0 Å². The molecule has 5 heteroatoms. The zero-order valence-corrected chi connectivity index (χ0v) is 12.2. The lowest BCUT2D eigenvalue weighted by Crippen LogP contribution is -2.46. The highest BCUT2D eigenvalue weighted by Crippen LogP contribution is 2.07. The van der Waals surface area contributed by atoms with Gasteiger partial charge in [0.2, 0.25) is 5.91 Å². The summed E-state index contributed by atoms with van der Waals surface area (Å²) < 4.78 is 5.03. The van der Waals surface area contributed by atoms with E-state index in [-0.39, 0.29) is 30.5 Å². The Morgan fingerprint density at radius 1 is 1.28 bits per heavy atom. The summed E-state index contributed by atoms with van der Waals surface area (Å²) in [7, 11) is 1.77. The Kier molecular flexibility index (Phi) is 8.37. The van der Waals surface area contributed by atoms with Gasteiger partial charge in [0, 0.05) is 6.04 Å². The van der Waals surface area contributed by atoms with E-state index in [0.29, 0.717) is 13.0 Å². The van der Waals surface area contributed by atoms with Gasteiger partial charge in [-0.05, 0) is 34.2 Å². The van der Waals surface area contributed by atoms with Crippen LogP contribution in [0.3, 0.4) is 0 Å². The van der Waals surface area contributed by atoms with Crippen LogP contribution >= 0.6 is 0 Å². The molecule has 0 saturated carbocycles. The van der Waals surface area contributed by atoms with Crippen molar-refractivity contribution in [2.75, 3.05) is 20.2 Å². The second kappa shape index (κ2) is 8.91. The van der Waals surface area contributed by atoms with Crippen molar-refractivity contribution < 1.29 is 14.3 Å². The molecule has 0 aliphatic rings. The van der Waals surface area contributed by atoms with Crippen LogP contribution in [-0.2, 0) is 14.3 Å². The highest BCUT2D eigenvalue weighted by molar-refractivity contribution is 5.80. The lowest BCUT2D eigenvalue weighted by molar-refractivity contribution is -0.149. The molecule has 106 valence electrons. The summed E-state index contributed by atoms with van der Waals surface area (Å²) in [4.78, 5) is 25.2. The van der Waals surface area contributed by atoms with Crippen molar-refractivity contribution in [2.24, 2.45) is 0 Å². The number of likely N-dealkylation sites (N-methyl/N-ethyl adjacent to an activating group) is 1. The zero-order valence-electron chi connectivity index (χ0n) is 12.2. The fourth-order valence-corrected chi connectivity index (χ4v) is 1.73. The summed E-state index contributed by atoms with van der Waals surface area (Å²) in [6.07, 6.45) is 1.57. The lowest BCUT2D eigenvalue weighted by atomic mass is 10.1. The Morgan fingerprint density at radius 2 is 1.89 bits per heavy atom. The smallest absolute Gasteiger partial charge is 0.323 e. The molecule has 18 heavy (non-hydrogen) atoms. The lowest BCUT2D eigenvalue weighted by Gasteiger charge is -2.25. The van der Waals surface area contributed by atoms with Crippen LogP contribution < -0.4 is 5.32 Å². The van der Waals surface area contributed by atoms with Gasteiger partial charge in [0.1, 0.15) is 6.04 Å². The average molecular weight is 258 g/mol. The van der Waals surface area contributed by atoms with Gasteiger partial charge >= 0.3 is 5.97 Å². The topological polar surface area (TPSA) is 58.6 Å². The molecule has 0 rings (SSSR count). The normalized spacial score (nSPS) is 12.6. The Hall–Kier alpha value is -1.10. The van der Waals surface area contributed by atoms with Crippen molar-refractivity contribution in [3.8, 4) is 0 Å². The molecule has 0 spiro atoms. The highest BCUT2D eigenvalue weighted by Gasteiger charge is 2.25. The van der Waals surface area contributed by atoms with E-state index in [1.54, 1.807) is 18.9 Å². The van der Waals surface area contributed by atoms with Crippen LogP contribution in [0.2, 0.25) is 0 Å². The molecule has 0 bridgehead atoms. The predicted molar refractivity (Wildman–Crippen MR) is 71.2 cm³/mol. The van der Waals surface area contributed by atoms with E-state index in [1.165, 1.54) is 0 Å². The second-order valence-corrected chi connectivity index (χ2v) is 4.69. The van der Waals surface area contributed by atoms with Crippen molar-refractivity contribution in [2.45, 2.75) is 52.6 Å². The molecule has 0 aliphatic heterocycles. The molecule has 1 unspecified atom stereocenters. The van der Waals surface area contributed by atoms with Gasteiger partial charge < -0.3 is 10.1 Å². The van der Waals surface area contributed by atoms with E-state index >= 15 is 0 Å². The van der Waals surface area contributed by atoms with Crippen molar-refractivity contribution >= 4 is 11.9 Å². The monoisotopic (exact) mass is 258 g/mol. The van der Waals surface area contributed by atoms with Gasteiger partial charge in [0.25, 0.3) is 0 Å². The number of rotatable bonds is 8. The van der Waals surface area contributed by atoms with E-state index in [4.69, 9.17) is 4.74 Å². The number of hydrogen-bond donors (Lipinski definition) is 1. The van der Waals surface area contributed by atoms with Gasteiger partial charge in [0.15, 0.2) is 0 Å². The number of carbonyl (C=O) groups excluding carboxylic acids is 2. The van der Waals surface area contributed by atoms with E-state index < -0.39 is 0 Å². The fraction of sp³-hybridized carbons (Fsp3) is 0.846. The van der Waals surface area contributed by atoms with Gasteiger partial charge in [-0.2, -0.15) is 0 Å². The number of carbonyl (C=O) groups is 2. The first-order valence-corrected chi connectivity index (χ1v) is 6.58. The summed E-state index contributed by atoms with van der Waals surface area (Å²) in [6.45, 7) is 8.19. The minimum absolute atomic E-state index is 0.0714. The van der Waals surface area contributed by atoms with Gasteiger partial charge in [-0.3, -0.25) is 14.5 Å². The molecule has 0 aromatic heterocycles. The number of nitrogens with zero attached hydrogens (tertiary/aromatic N) is 1. The minimum atomic E-state index is -0.340. The predicted octanol–water partition coefficient (Wildman–Crippen LogP) is 1.17. The molecule has 5 nitrogen and oxygen atoms in total. The molecule has 0 saturated heterocycles. The third kappa shape index (κ3) is 6.59. The number of esters is 1. The Balaban J connectivity index is 4.41. The van der Waals surface area contributed by atoms with E-state index in [0.717, 1.165) is 6.42 Å². The molecule has 0 radical (unpaired) electrons. The molecule has 1 atom stereocenters. The van der Waals surface area contributed by atoms with Crippen molar-refractivity contribution in [1.82, 2.24) is 10.2 Å². The van der Waals surface area contributed by atoms with Gasteiger partial charge in [-0.25, -0.2) is 0 Å². The van der Waals surface area contributed by atoms with E-state index in [2.05, 4.69) is 5.32 Å². The summed E-state index contributed by atoms with van der Waals surface area (Å²) in [5.41, 5.74) is 0. The first-order chi connectivity index (χ1) is 8.42. The van der Waals surface area contributed by atoms with Gasteiger partial charge in [0.05, 0.1) is 13.2 Å². The summed E-state index contributed by atoms with van der Waals surface area (Å²) in [6, 6.07) is -0.231. The molecule has 0 fully saturated rings. The molecular weight excluding hydrogens is 232 g/mol. The number of hydrogen-bond acceptors (Lipinski definition) is 4. The number of amides is 1. The quantitative estimate of drug-likeness (QED) is 0.664. The van der Waals surface area contributed by atoms with Crippen molar-refractivity contribution in [1.29, 1.82) is 0 Å². The van der Waals surface area contributed by atoms with Gasteiger partial charge in [-0.1, -0.05) is 13.3 Å². The zero-order chi connectivity index (χ0) is 14.1. The molecule has 1 amide bonds. The molecule has 0 heterocycles. The third-order valence-corrected chi connectivity index (χ3v) is 2.50. The molecule has 0 aliphatic carbocycles. The Labute approximate surface area is 110 Å². The summed E-state index contributed by atoms with van der Waals surface area (Å²) >= 11 is 0. The van der Waals surface area contributed by atoms with Crippen LogP contribution in [0, 0.1) is 0 Å². The average Bonchev–Trinajstić information content (AvgIpc) is 2.24. The van der Waals surface area contributed by atoms with Crippen LogP contribution in [0.25, 0.3) is 0 Å². The first kappa shape index (κ1) is 16.9. The fourth-order valence-electron chi connectivity index (χ4n) is 1.73. The van der Waals surface area contributed by atoms with Crippen LogP contribution in [0.1, 0.15) is 40.5 Å². The van der Waals surface area contributed by atoms with E-state index in [9.17, 15) is 9.59 Å². The summed E-state index contributed by atoms with van der Waals surface area (Å²) in [5, 5.41) is 2.81. The van der Waals surface area contributed by atoms with Crippen molar-refractivity contribution in [3.63, 3.8) is 0 Å². The van der Waals surface area contributed by atoms with Crippen LogP contribution in [0.15, 0.2) is 0 Å². The highest BCUT2D eigenvalue weighted by atomic mass is 16.5. The molecular formula is C13H26N2O3. The standard InChI is InChI=1S/C13H26N2O3/c1-6-8-11(13(17)18-7-2)15(5)9-12(16)14-10(3)4/h10-11H,6-9H2,1-5H3,(H,14,16). The SMILES string of the molecule is CCCC(C(=O)OCC)N(C)CC(=O)NC(C)C. The van der Waals surface area contributed by atoms with Crippen LogP contribution in [0.4, 0.5) is 0 Å². The largest absolute Gasteiger partial charge is 0.465 e. The minimum Gasteiger partial charge on any atom is -0.465 e. The van der Waals surface area contributed by atoms with Crippen molar-refractivity contribution in [3.05, 3.63) is 0 Å². The first-order valence-electron chi connectivity index (χ1n) is 6.58. The Bertz CT molecular complexity index is 267. The van der Waals surface area contributed by atoms with Crippen LogP contribution in [-0.4, -0.2) is 49.1 Å². The Morgan fingerprint density at radius 3 is 2.33 bits per heavy atom. The maximum absolute atomic E-state index is 11.8. The van der Waals surface area contributed by atoms with Crippen LogP contribution in [0.5, 0.6) is 0 Å². The summed E-state index contributed by atoms with van der Waals surface area (Å²) in [5.74, 6) is -0.322. The maximum Gasteiger partial charge on any atom is 0.323 e. The second-order valence-electron chi connectivity index (χ2n) is 4.69. The maximum atomic E-state index is 11.8. The number of ether oxygens (including phenoxy) is 1. The van der Waals surface area contributed by atoms with E-state index in [1.807, 2.05) is 20.8 Å². The molecule has 1 N–H and O–H groups in total.